The second-order valence-corrected chi connectivity index (χ2v) is 13.5. The quantitative estimate of drug-likeness (QED) is 0.0648. The molecule has 236 valence electrons. The summed E-state index contributed by atoms with van der Waals surface area (Å²) >= 11 is 0. The summed E-state index contributed by atoms with van der Waals surface area (Å²) in [5.41, 5.74) is -0.521. The third-order valence-corrected chi connectivity index (χ3v) is 8.49. The molecule has 0 radical (unpaired) electrons. The first-order chi connectivity index (χ1) is 19.8. The maximum absolute atomic E-state index is 11.9. The maximum Gasteiger partial charge on any atom is 0.311 e. The second kappa shape index (κ2) is 19.9. The van der Waals surface area contributed by atoms with E-state index in [1.54, 1.807) is 21.6 Å². The highest BCUT2D eigenvalue weighted by atomic mass is 33.1. The van der Waals surface area contributed by atoms with Crippen molar-refractivity contribution in [3.8, 4) is 0 Å². The lowest BCUT2D eigenvalue weighted by molar-refractivity contribution is -0.152. The van der Waals surface area contributed by atoms with Crippen molar-refractivity contribution in [2.45, 2.75) is 65.0 Å². The van der Waals surface area contributed by atoms with Gasteiger partial charge in [0.05, 0.1) is 25.0 Å². The van der Waals surface area contributed by atoms with Gasteiger partial charge in [0.25, 0.3) is 11.8 Å². The van der Waals surface area contributed by atoms with E-state index in [9.17, 15) is 33.6 Å². The molecule has 0 fully saturated rings. The van der Waals surface area contributed by atoms with Crippen molar-refractivity contribution in [2.24, 2.45) is 5.41 Å². The number of carbonyl (C=O) groups is 7. The summed E-state index contributed by atoms with van der Waals surface area (Å²) in [6.07, 6.45) is 5.13. The maximum atomic E-state index is 11.9. The average Bonchev–Trinajstić information content (AvgIpc) is 3.25. The fraction of sp³-hybridized carbons (Fsp3) is 0.667. The Morgan fingerprint density at radius 1 is 0.810 bits per heavy atom. The van der Waals surface area contributed by atoms with Gasteiger partial charge in [-0.15, -0.1) is 0 Å². The lowest BCUT2D eigenvalue weighted by Gasteiger charge is -2.18. The lowest BCUT2D eigenvalue weighted by Crippen LogP contribution is -2.44. The van der Waals surface area contributed by atoms with Gasteiger partial charge >= 0.3 is 5.97 Å². The van der Waals surface area contributed by atoms with E-state index < -0.39 is 17.2 Å². The van der Waals surface area contributed by atoms with Crippen molar-refractivity contribution in [1.82, 2.24) is 26.2 Å². The van der Waals surface area contributed by atoms with Crippen molar-refractivity contribution >= 4 is 63.0 Å². The van der Waals surface area contributed by atoms with Crippen molar-refractivity contribution in [3.05, 3.63) is 12.2 Å². The number of hydrogen-bond acceptors (Lipinski definition) is 10. The number of ether oxygens (including phenoxy) is 1. The number of esters is 1. The molecular formula is C27H43N5O8S2. The van der Waals surface area contributed by atoms with Crippen LogP contribution in [0.4, 0.5) is 0 Å². The van der Waals surface area contributed by atoms with Crippen molar-refractivity contribution < 1.29 is 38.3 Å². The number of nitrogens with one attached hydrogen (secondary N) is 4. The molecule has 42 heavy (non-hydrogen) atoms. The predicted molar refractivity (Wildman–Crippen MR) is 161 cm³/mol. The molecule has 0 saturated heterocycles. The van der Waals surface area contributed by atoms with Gasteiger partial charge in [0, 0.05) is 42.7 Å². The van der Waals surface area contributed by atoms with Gasteiger partial charge in [0.1, 0.15) is 6.61 Å². The number of rotatable bonds is 20. The average molecular weight is 630 g/mol. The highest BCUT2D eigenvalue weighted by Gasteiger charge is 2.24. The summed E-state index contributed by atoms with van der Waals surface area (Å²) in [5, 5.41) is 10.1. The monoisotopic (exact) mass is 629 g/mol. The van der Waals surface area contributed by atoms with Crippen molar-refractivity contribution in [2.75, 3.05) is 45.1 Å². The molecule has 6 amide bonds. The molecule has 1 aliphatic heterocycles. The van der Waals surface area contributed by atoms with Crippen molar-refractivity contribution in [3.63, 3.8) is 0 Å². The first kappa shape index (κ1) is 37.0. The smallest absolute Gasteiger partial charge is 0.311 e. The number of amides is 6. The van der Waals surface area contributed by atoms with Crippen LogP contribution >= 0.6 is 21.6 Å². The van der Waals surface area contributed by atoms with Crippen LogP contribution in [0, 0.1) is 5.41 Å². The third-order valence-electron chi connectivity index (χ3n) is 5.54. The van der Waals surface area contributed by atoms with Crippen LogP contribution < -0.4 is 21.3 Å². The standard InChI is InChI=1S/C27H43N5O8S2/c1-19(18-40-26(39)27(2,3)4)42-41-14-8-12-28-21(34)15-30-23(36)17-31-22(35)16-29-20(33)9-6-5-7-13-32-24(37)10-11-25(32)38/h10-11,19H,5-9,12-18H2,1-4H3,(H,28,34)(H,29,33)(H,30,36)(H,31,35). The number of imide groups is 1. The first-order valence-electron chi connectivity index (χ1n) is 13.9. The van der Waals surface area contributed by atoms with E-state index in [1.807, 2.05) is 27.7 Å². The molecule has 4 N–H and O–H groups in total. The molecule has 1 heterocycles. The van der Waals surface area contributed by atoms with E-state index in [0.717, 1.165) is 17.1 Å². The van der Waals surface area contributed by atoms with Gasteiger partial charge in [0.15, 0.2) is 0 Å². The van der Waals surface area contributed by atoms with Crippen LogP contribution in [0.15, 0.2) is 12.2 Å². The van der Waals surface area contributed by atoms with Gasteiger partial charge in [-0.25, -0.2) is 0 Å². The molecule has 0 saturated carbocycles. The largest absolute Gasteiger partial charge is 0.464 e. The minimum absolute atomic E-state index is 0.144. The fourth-order valence-electron chi connectivity index (χ4n) is 3.16. The van der Waals surface area contributed by atoms with Crippen LogP contribution in [0.2, 0.25) is 0 Å². The van der Waals surface area contributed by atoms with E-state index >= 15 is 0 Å². The minimum Gasteiger partial charge on any atom is -0.464 e. The van der Waals surface area contributed by atoms with Crippen LogP contribution in [0.3, 0.4) is 0 Å². The number of carbonyl (C=O) groups excluding carboxylic acids is 7. The van der Waals surface area contributed by atoms with E-state index in [0.29, 0.717) is 39.0 Å². The molecule has 0 aromatic heterocycles. The summed E-state index contributed by atoms with van der Waals surface area (Å²) in [7, 11) is 3.24. The Bertz CT molecular complexity index is 981. The lowest BCUT2D eigenvalue weighted by atomic mass is 9.97. The van der Waals surface area contributed by atoms with Gasteiger partial charge in [0.2, 0.25) is 23.6 Å². The van der Waals surface area contributed by atoms with Crippen LogP contribution in [0.1, 0.15) is 59.8 Å². The molecule has 1 unspecified atom stereocenters. The zero-order valence-electron chi connectivity index (χ0n) is 24.7. The van der Waals surface area contributed by atoms with E-state index in [4.69, 9.17) is 4.74 Å². The zero-order valence-corrected chi connectivity index (χ0v) is 26.4. The SMILES string of the molecule is CC(COC(=O)C(C)(C)C)SSCCCNC(=O)CNC(=O)CNC(=O)CNC(=O)CCCCCN1C(=O)C=CC1=O. The van der Waals surface area contributed by atoms with E-state index in [-0.39, 0.29) is 60.9 Å². The molecule has 0 spiro atoms. The molecule has 1 atom stereocenters. The van der Waals surface area contributed by atoms with E-state index in [2.05, 4.69) is 21.3 Å². The topological polar surface area (TPSA) is 180 Å². The Morgan fingerprint density at radius 3 is 1.93 bits per heavy atom. The minimum atomic E-state index is -0.543. The van der Waals surface area contributed by atoms with E-state index in [1.165, 1.54) is 12.2 Å². The predicted octanol–water partition coefficient (Wildman–Crippen LogP) is 0.686. The zero-order chi connectivity index (χ0) is 31.5. The Labute approximate surface area is 254 Å². The summed E-state index contributed by atoms with van der Waals surface area (Å²) in [4.78, 5) is 83.4. The highest BCUT2D eigenvalue weighted by Crippen LogP contribution is 2.27. The molecule has 15 heteroatoms. The van der Waals surface area contributed by atoms with Crippen LogP contribution in [-0.4, -0.2) is 96.6 Å². The molecule has 13 nitrogen and oxygen atoms in total. The van der Waals surface area contributed by atoms with Gasteiger partial charge in [-0.05, 0) is 47.0 Å². The summed E-state index contributed by atoms with van der Waals surface area (Å²) in [6, 6.07) is 0. The van der Waals surface area contributed by atoms with Gasteiger partial charge in [-0.1, -0.05) is 28.0 Å². The Hall–Kier alpha value is -3.07. The third kappa shape index (κ3) is 17.0. The Balaban J connectivity index is 1.99. The fourth-order valence-corrected chi connectivity index (χ4v) is 5.38. The second-order valence-electron chi connectivity index (χ2n) is 10.6. The number of nitrogens with zero attached hydrogens (tertiary/aromatic N) is 1. The van der Waals surface area contributed by atoms with Gasteiger partial charge < -0.3 is 26.0 Å². The normalized spacial score (nSPS) is 13.5. The highest BCUT2D eigenvalue weighted by molar-refractivity contribution is 8.76. The molecule has 0 bridgehead atoms. The Morgan fingerprint density at radius 2 is 1.36 bits per heavy atom. The van der Waals surface area contributed by atoms with Crippen LogP contribution in [0.25, 0.3) is 0 Å². The first-order valence-corrected chi connectivity index (χ1v) is 16.2. The summed E-state index contributed by atoms with van der Waals surface area (Å²) < 4.78 is 5.29. The molecular weight excluding hydrogens is 586 g/mol. The van der Waals surface area contributed by atoms with Gasteiger partial charge in [-0.2, -0.15) is 0 Å². The van der Waals surface area contributed by atoms with Crippen LogP contribution in [-0.2, 0) is 38.3 Å². The van der Waals surface area contributed by atoms with Crippen LogP contribution in [0.5, 0.6) is 0 Å². The molecule has 0 aromatic carbocycles. The summed E-state index contributed by atoms with van der Waals surface area (Å²) in [5.74, 6) is -1.86. The summed E-state index contributed by atoms with van der Waals surface area (Å²) in [6.45, 7) is 7.66. The molecule has 0 aliphatic carbocycles. The van der Waals surface area contributed by atoms with Crippen molar-refractivity contribution in [1.29, 1.82) is 0 Å². The molecule has 1 aliphatic rings. The van der Waals surface area contributed by atoms with Gasteiger partial charge in [-0.3, -0.25) is 38.5 Å². The number of unbranched alkanes of at least 4 members (excludes halogenated alkanes) is 2. The number of hydrogen-bond donors (Lipinski definition) is 4. The Kier molecular flexibility index (Phi) is 17.5. The molecule has 1 rings (SSSR count). The molecule has 0 aromatic rings.